The Morgan fingerprint density at radius 1 is 0.950 bits per heavy atom. The second-order valence-electron chi connectivity index (χ2n) is 10.6. The van der Waals surface area contributed by atoms with E-state index in [0.29, 0.717) is 32.0 Å². The van der Waals surface area contributed by atoms with Crippen LogP contribution < -0.4 is 10.6 Å². The van der Waals surface area contributed by atoms with Gasteiger partial charge in [-0.05, 0) is 55.5 Å². The summed E-state index contributed by atoms with van der Waals surface area (Å²) < 4.78 is 45.8. The van der Waals surface area contributed by atoms with Crippen molar-refractivity contribution in [2.24, 2.45) is 5.92 Å². The fraction of sp³-hybridized carbons (Fsp3) is 0.433. The second kappa shape index (κ2) is 12.7. The molecule has 1 aliphatic carbocycles. The molecule has 0 spiro atoms. The van der Waals surface area contributed by atoms with Crippen molar-refractivity contribution in [2.75, 3.05) is 19.6 Å². The van der Waals surface area contributed by atoms with Crippen molar-refractivity contribution < 1.29 is 27.3 Å². The Morgan fingerprint density at radius 2 is 1.70 bits per heavy atom. The van der Waals surface area contributed by atoms with E-state index in [9.17, 15) is 22.8 Å². The topological polar surface area (TPSA) is 87.5 Å². The van der Waals surface area contributed by atoms with Crippen LogP contribution in [0.15, 0.2) is 53.1 Å². The number of carbonyl (C=O) groups excluding carboxylic acids is 2. The largest absolute Gasteiger partial charge is 0.355 e. The summed E-state index contributed by atoms with van der Waals surface area (Å²) in [5.41, 5.74) is 0.856. The summed E-state index contributed by atoms with van der Waals surface area (Å²) in [5.74, 6) is -3.01. The predicted molar refractivity (Wildman–Crippen MR) is 143 cm³/mol. The number of amides is 2. The number of piperidine rings is 1. The van der Waals surface area contributed by atoms with E-state index in [1.54, 1.807) is 12.1 Å². The number of aromatic nitrogens is 1. The molecular weight excluding hydrogens is 521 g/mol. The first-order valence-electron chi connectivity index (χ1n) is 13.9. The SMILES string of the molecule is O=C(N[C@@H]1CCN(C2CCCCC2)C[C@H]1C(=O)NCCc1ccc(F)cc1)c1cc(-c2ccc(F)cc2F)on1. The average molecular weight is 555 g/mol. The summed E-state index contributed by atoms with van der Waals surface area (Å²) in [7, 11) is 0. The first-order chi connectivity index (χ1) is 19.4. The number of nitrogens with one attached hydrogen (secondary N) is 2. The predicted octanol–water partition coefficient (Wildman–Crippen LogP) is 4.87. The number of rotatable bonds is 8. The van der Waals surface area contributed by atoms with E-state index in [1.165, 1.54) is 43.5 Å². The molecule has 1 aromatic heterocycles. The van der Waals surface area contributed by atoms with Gasteiger partial charge >= 0.3 is 0 Å². The van der Waals surface area contributed by atoms with Gasteiger partial charge in [-0.2, -0.15) is 0 Å². The van der Waals surface area contributed by atoms with Crippen LogP contribution >= 0.6 is 0 Å². The highest BCUT2D eigenvalue weighted by Gasteiger charge is 2.38. The third-order valence-electron chi connectivity index (χ3n) is 7.95. The second-order valence-corrected chi connectivity index (χ2v) is 10.6. The van der Waals surface area contributed by atoms with Crippen LogP contribution in [0.4, 0.5) is 13.2 Å². The van der Waals surface area contributed by atoms with Crippen LogP contribution in [0, 0.1) is 23.4 Å². The highest BCUT2D eigenvalue weighted by molar-refractivity contribution is 5.94. The first-order valence-corrected chi connectivity index (χ1v) is 13.9. The monoisotopic (exact) mass is 554 g/mol. The number of benzene rings is 2. The van der Waals surface area contributed by atoms with Gasteiger partial charge in [0.25, 0.3) is 5.91 Å². The highest BCUT2D eigenvalue weighted by Crippen LogP contribution is 2.28. The van der Waals surface area contributed by atoms with Crippen LogP contribution in [0.1, 0.15) is 54.6 Å². The van der Waals surface area contributed by atoms with Crippen molar-refractivity contribution in [1.29, 1.82) is 0 Å². The molecule has 2 atom stereocenters. The van der Waals surface area contributed by atoms with Crippen LogP contribution in [0.3, 0.4) is 0 Å². The maximum Gasteiger partial charge on any atom is 0.273 e. The van der Waals surface area contributed by atoms with Crippen molar-refractivity contribution in [2.45, 2.75) is 57.0 Å². The molecule has 0 radical (unpaired) electrons. The number of hydrogen-bond donors (Lipinski definition) is 2. The molecule has 3 aromatic rings. The Labute approximate surface area is 231 Å². The summed E-state index contributed by atoms with van der Waals surface area (Å²) in [4.78, 5) is 28.9. The molecule has 0 unspecified atom stereocenters. The van der Waals surface area contributed by atoms with Crippen molar-refractivity contribution in [3.63, 3.8) is 0 Å². The molecule has 10 heteroatoms. The van der Waals surface area contributed by atoms with E-state index < -0.39 is 29.5 Å². The van der Waals surface area contributed by atoms with Crippen molar-refractivity contribution in [1.82, 2.24) is 20.7 Å². The first kappa shape index (κ1) is 27.9. The number of halogens is 3. The number of carbonyl (C=O) groups is 2. The van der Waals surface area contributed by atoms with Gasteiger partial charge < -0.3 is 15.2 Å². The number of likely N-dealkylation sites (tertiary alicyclic amines) is 1. The molecule has 1 saturated heterocycles. The Kier molecular flexibility index (Phi) is 8.84. The molecule has 2 heterocycles. The summed E-state index contributed by atoms with van der Waals surface area (Å²) in [6.45, 7) is 1.68. The highest BCUT2D eigenvalue weighted by atomic mass is 19.1. The lowest BCUT2D eigenvalue weighted by atomic mass is 9.87. The molecule has 212 valence electrons. The molecule has 2 fully saturated rings. The summed E-state index contributed by atoms with van der Waals surface area (Å²) >= 11 is 0. The summed E-state index contributed by atoms with van der Waals surface area (Å²) in [5, 5.41) is 9.73. The lowest BCUT2D eigenvalue weighted by Gasteiger charge is -2.43. The Hall–Kier alpha value is -3.66. The third-order valence-corrected chi connectivity index (χ3v) is 7.95. The standard InChI is InChI=1S/C30H33F3N4O3/c31-20-8-6-19(7-9-20)12-14-34-29(38)24-18-37(22-4-2-1-3-5-22)15-13-26(24)35-30(39)27-17-28(40-36-27)23-11-10-21(32)16-25(23)33/h6-11,16-17,22,24,26H,1-5,12-15,18H2,(H,34,38)(H,35,39)/t24-,26-/m1/s1. The molecule has 1 saturated carbocycles. The summed E-state index contributed by atoms with van der Waals surface area (Å²) in [6, 6.07) is 10.5. The maximum atomic E-state index is 14.2. The third kappa shape index (κ3) is 6.72. The Morgan fingerprint density at radius 3 is 2.45 bits per heavy atom. The smallest absolute Gasteiger partial charge is 0.273 e. The van der Waals surface area contributed by atoms with Gasteiger partial charge in [-0.15, -0.1) is 0 Å². The molecule has 2 amide bonds. The van der Waals surface area contributed by atoms with Gasteiger partial charge in [0.05, 0.1) is 11.5 Å². The van der Waals surface area contributed by atoms with Crippen molar-refractivity contribution >= 4 is 11.8 Å². The van der Waals surface area contributed by atoms with Gasteiger partial charge in [-0.3, -0.25) is 14.5 Å². The van der Waals surface area contributed by atoms with Crippen molar-refractivity contribution in [3.05, 3.63) is 77.2 Å². The van der Waals surface area contributed by atoms with Crippen LogP contribution in [-0.4, -0.2) is 53.6 Å². The molecule has 0 bridgehead atoms. The van der Waals surface area contributed by atoms with E-state index in [0.717, 1.165) is 37.1 Å². The lowest BCUT2D eigenvalue weighted by Crippen LogP contribution is -2.58. The Balaban J connectivity index is 1.26. The van der Waals surface area contributed by atoms with Gasteiger partial charge in [-0.1, -0.05) is 36.6 Å². The van der Waals surface area contributed by atoms with Gasteiger partial charge in [0.1, 0.15) is 17.5 Å². The lowest BCUT2D eigenvalue weighted by molar-refractivity contribution is -0.128. The van der Waals surface area contributed by atoms with E-state index >= 15 is 0 Å². The van der Waals surface area contributed by atoms with Gasteiger partial charge in [-0.25, -0.2) is 13.2 Å². The van der Waals surface area contributed by atoms with E-state index in [2.05, 4.69) is 20.7 Å². The fourth-order valence-corrected chi connectivity index (χ4v) is 5.75. The fourth-order valence-electron chi connectivity index (χ4n) is 5.75. The molecule has 2 aliphatic rings. The average Bonchev–Trinajstić information content (AvgIpc) is 3.45. The molecule has 2 aromatic carbocycles. The normalized spacial score (nSPS) is 20.3. The Bertz CT molecular complexity index is 1320. The molecule has 1 aliphatic heterocycles. The number of hydrogen-bond acceptors (Lipinski definition) is 5. The van der Waals surface area contributed by atoms with Crippen LogP contribution in [0.25, 0.3) is 11.3 Å². The maximum absolute atomic E-state index is 14.2. The minimum Gasteiger partial charge on any atom is -0.355 e. The zero-order valence-corrected chi connectivity index (χ0v) is 22.2. The minimum atomic E-state index is -0.824. The quantitative estimate of drug-likeness (QED) is 0.415. The molecule has 40 heavy (non-hydrogen) atoms. The van der Waals surface area contributed by atoms with E-state index in [-0.39, 0.29) is 28.7 Å². The molecule has 7 nitrogen and oxygen atoms in total. The van der Waals surface area contributed by atoms with Crippen LogP contribution in [0.2, 0.25) is 0 Å². The van der Waals surface area contributed by atoms with Crippen LogP contribution in [-0.2, 0) is 11.2 Å². The molecule has 2 N–H and O–H groups in total. The van der Waals surface area contributed by atoms with Gasteiger partial charge in [0.15, 0.2) is 11.5 Å². The van der Waals surface area contributed by atoms with Gasteiger partial charge in [0.2, 0.25) is 5.91 Å². The number of nitrogens with zero attached hydrogens (tertiary/aromatic N) is 2. The zero-order valence-electron chi connectivity index (χ0n) is 22.2. The molecular formula is C30H33F3N4O3. The van der Waals surface area contributed by atoms with E-state index in [4.69, 9.17) is 4.52 Å². The van der Waals surface area contributed by atoms with E-state index in [1.807, 2.05) is 0 Å². The summed E-state index contributed by atoms with van der Waals surface area (Å²) in [6.07, 6.45) is 6.96. The van der Waals surface area contributed by atoms with Crippen LogP contribution in [0.5, 0.6) is 0 Å². The van der Waals surface area contributed by atoms with Crippen molar-refractivity contribution in [3.8, 4) is 11.3 Å². The van der Waals surface area contributed by atoms with Gasteiger partial charge in [0, 0.05) is 43.9 Å². The zero-order chi connectivity index (χ0) is 28.1. The molecule has 5 rings (SSSR count). The minimum absolute atomic E-state index is 0.00449.